The summed E-state index contributed by atoms with van der Waals surface area (Å²) in [7, 11) is 0. The zero-order valence-electron chi connectivity index (χ0n) is 27.5. The third-order valence-electron chi connectivity index (χ3n) is 7.43. The fourth-order valence-electron chi connectivity index (χ4n) is 4.20. The molecule has 2 unspecified atom stereocenters. The van der Waals surface area contributed by atoms with Crippen LogP contribution in [0.2, 0.25) is 0 Å². The van der Waals surface area contributed by atoms with E-state index in [9.17, 15) is 10.2 Å². The Morgan fingerprint density at radius 1 is 0.614 bits per heavy atom. The van der Waals surface area contributed by atoms with E-state index in [1.807, 2.05) is 24.3 Å². The average Bonchev–Trinajstić information content (AvgIpc) is 3.95. The molecule has 2 aromatic rings. The van der Waals surface area contributed by atoms with Crippen molar-refractivity contribution in [3.8, 4) is 11.5 Å². The second kappa shape index (κ2) is 20.8. The topological polar surface area (TPSA) is 101 Å². The molecule has 4 rings (SSSR count). The van der Waals surface area contributed by atoms with Crippen molar-refractivity contribution < 1.29 is 29.2 Å². The van der Waals surface area contributed by atoms with Crippen molar-refractivity contribution in [1.82, 2.24) is 10.6 Å². The first-order valence-corrected chi connectivity index (χ1v) is 16.7. The highest BCUT2D eigenvalue weighted by Gasteiger charge is 2.21. The number of hydrogen-bond donors (Lipinski definition) is 4. The molecule has 0 aliphatic heterocycles. The van der Waals surface area contributed by atoms with Gasteiger partial charge in [0.2, 0.25) is 0 Å². The Hall–Kier alpha value is -2.20. The zero-order chi connectivity index (χ0) is 31.6. The van der Waals surface area contributed by atoms with Gasteiger partial charge in [0.15, 0.2) is 0 Å². The van der Waals surface area contributed by atoms with Crippen molar-refractivity contribution in [2.75, 3.05) is 52.7 Å². The fourth-order valence-corrected chi connectivity index (χ4v) is 4.20. The molecule has 0 spiro atoms. The Labute approximate surface area is 265 Å². The van der Waals surface area contributed by atoms with Crippen LogP contribution in [-0.4, -0.2) is 87.2 Å². The number of aliphatic hydroxyl groups excluding tert-OH is 2. The third kappa shape index (κ3) is 17.9. The van der Waals surface area contributed by atoms with Gasteiger partial charge in [0.05, 0.1) is 13.2 Å². The molecule has 2 fully saturated rings. The lowest BCUT2D eigenvalue weighted by atomic mass is 10.1. The predicted molar refractivity (Wildman–Crippen MR) is 177 cm³/mol. The Bertz CT molecular complexity index is 911. The minimum absolute atomic E-state index is 0.309. The third-order valence-corrected chi connectivity index (χ3v) is 7.43. The quantitative estimate of drug-likeness (QED) is 0.141. The van der Waals surface area contributed by atoms with E-state index in [1.165, 1.54) is 36.8 Å². The van der Waals surface area contributed by atoms with Gasteiger partial charge in [-0.3, -0.25) is 0 Å². The molecule has 0 amide bonds. The summed E-state index contributed by atoms with van der Waals surface area (Å²) in [6.45, 7) is 13.4. The molecule has 2 aliphatic carbocycles. The number of hydrogen-bond acceptors (Lipinski definition) is 8. The van der Waals surface area contributed by atoms with Crippen LogP contribution in [0.1, 0.15) is 64.5 Å². The normalized spacial score (nSPS) is 16.0. The number of rotatable bonds is 22. The van der Waals surface area contributed by atoms with Crippen molar-refractivity contribution in [3.63, 3.8) is 0 Å². The first-order valence-electron chi connectivity index (χ1n) is 16.7. The zero-order valence-corrected chi connectivity index (χ0v) is 27.5. The van der Waals surface area contributed by atoms with E-state index < -0.39 is 12.2 Å². The van der Waals surface area contributed by atoms with Gasteiger partial charge in [0.25, 0.3) is 0 Å². The number of ether oxygens (including phenoxy) is 4. The van der Waals surface area contributed by atoms with Crippen molar-refractivity contribution in [2.45, 2.75) is 90.5 Å². The molecule has 8 nitrogen and oxygen atoms in total. The van der Waals surface area contributed by atoms with Crippen LogP contribution in [0.4, 0.5) is 0 Å². The lowest BCUT2D eigenvalue weighted by molar-refractivity contribution is 0.104. The van der Waals surface area contributed by atoms with Crippen LogP contribution < -0.4 is 20.1 Å². The Balaban J connectivity index is 0.000000240. The van der Waals surface area contributed by atoms with E-state index in [-0.39, 0.29) is 0 Å². The van der Waals surface area contributed by atoms with Gasteiger partial charge in [0.1, 0.15) is 36.9 Å². The molecule has 2 aliphatic rings. The van der Waals surface area contributed by atoms with Crippen LogP contribution in [0.15, 0.2) is 48.5 Å². The number of benzene rings is 2. The molecule has 2 saturated carbocycles. The summed E-state index contributed by atoms with van der Waals surface area (Å²) in [5, 5.41) is 26.0. The first kappa shape index (κ1) is 36.3. The molecule has 8 heteroatoms. The van der Waals surface area contributed by atoms with Crippen LogP contribution in [0, 0.1) is 11.8 Å². The van der Waals surface area contributed by atoms with Crippen molar-refractivity contribution in [3.05, 3.63) is 59.7 Å². The maximum Gasteiger partial charge on any atom is 0.119 e. The van der Waals surface area contributed by atoms with Gasteiger partial charge in [-0.15, -0.1) is 0 Å². The minimum Gasteiger partial charge on any atom is -0.491 e. The standard InChI is InChI=1S/2C18H29NO3/c2*1-14(2)19-11-17(20)13-22-18-7-5-15(6-8-18)9-10-21-12-16-3-4-16/h2*5-8,14,16-17,19-20H,3-4,9-13H2,1-2H3. The first-order chi connectivity index (χ1) is 21.3. The lowest BCUT2D eigenvalue weighted by Gasteiger charge is -2.15. The highest BCUT2D eigenvalue weighted by atomic mass is 16.5. The van der Waals surface area contributed by atoms with E-state index >= 15 is 0 Å². The van der Waals surface area contributed by atoms with Gasteiger partial charge in [-0.25, -0.2) is 0 Å². The van der Waals surface area contributed by atoms with Crippen molar-refractivity contribution in [2.24, 2.45) is 11.8 Å². The lowest BCUT2D eigenvalue weighted by Crippen LogP contribution is -2.35. The molecule has 2 atom stereocenters. The van der Waals surface area contributed by atoms with E-state index in [0.717, 1.165) is 62.6 Å². The molecule has 248 valence electrons. The van der Waals surface area contributed by atoms with Gasteiger partial charge in [-0.05, 0) is 85.8 Å². The summed E-state index contributed by atoms with van der Waals surface area (Å²) < 4.78 is 22.5. The molecule has 0 bridgehead atoms. The minimum atomic E-state index is -0.488. The van der Waals surface area contributed by atoms with Crippen LogP contribution in [-0.2, 0) is 22.3 Å². The second-order valence-electron chi connectivity index (χ2n) is 12.9. The highest BCUT2D eigenvalue weighted by Crippen LogP contribution is 2.29. The van der Waals surface area contributed by atoms with Crippen LogP contribution in [0.3, 0.4) is 0 Å². The Morgan fingerprint density at radius 3 is 1.30 bits per heavy atom. The van der Waals surface area contributed by atoms with E-state index in [2.05, 4.69) is 62.6 Å². The van der Waals surface area contributed by atoms with Gasteiger partial charge in [-0.1, -0.05) is 52.0 Å². The monoisotopic (exact) mass is 614 g/mol. The maximum absolute atomic E-state index is 9.80. The largest absolute Gasteiger partial charge is 0.491 e. The molecular formula is C36H58N2O6. The molecule has 0 saturated heterocycles. The van der Waals surface area contributed by atoms with Crippen LogP contribution >= 0.6 is 0 Å². The fraction of sp³-hybridized carbons (Fsp3) is 0.667. The summed E-state index contributed by atoms with van der Waals surface area (Å²) in [4.78, 5) is 0. The van der Waals surface area contributed by atoms with Gasteiger partial charge < -0.3 is 39.8 Å². The molecule has 4 N–H and O–H groups in total. The summed E-state index contributed by atoms with van der Waals surface area (Å²) in [5.41, 5.74) is 2.51. The number of nitrogens with one attached hydrogen (secondary N) is 2. The smallest absolute Gasteiger partial charge is 0.119 e. The summed E-state index contributed by atoms with van der Waals surface area (Å²) in [6, 6.07) is 16.8. The summed E-state index contributed by atoms with van der Waals surface area (Å²) >= 11 is 0. The Morgan fingerprint density at radius 2 is 0.977 bits per heavy atom. The van der Waals surface area contributed by atoms with Gasteiger partial charge in [-0.2, -0.15) is 0 Å². The predicted octanol–water partition coefficient (Wildman–Crippen LogP) is 4.79. The number of aliphatic hydroxyl groups is 2. The van der Waals surface area contributed by atoms with Crippen molar-refractivity contribution >= 4 is 0 Å². The molecule has 44 heavy (non-hydrogen) atoms. The highest BCUT2D eigenvalue weighted by molar-refractivity contribution is 5.28. The molecule has 0 radical (unpaired) electrons. The Kier molecular flexibility index (Phi) is 17.1. The van der Waals surface area contributed by atoms with E-state index in [1.54, 1.807) is 0 Å². The van der Waals surface area contributed by atoms with E-state index in [4.69, 9.17) is 18.9 Å². The molecular weight excluding hydrogens is 556 g/mol. The van der Waals surface area contributed by atoms with E-state index in [0.29, 0.717) is 38.4 Å². The summed E-state index contributed by atoms with van der Waals surface area (Å²) in [5.74, 6) is 3.25. The molecule has 2 aromatic carbocycles. The van der Waals surface area contributed by atoms with Crippen LogP contribution in [0.25, 0.3) is 0 Å². The van der Waals surface area contributed by atoms with Gasteiger partial charge in [0, 0.05) is 38.4 Å². The maximum atomic E-state index is 9.80. The SMILES string of the molecule is CC(C)NCC(O)COc1ccc(CCOCC2CC2)cc1.CC(C)NCC(O)COc1ccc(CCOCC2CC2)cc1. The average molecular weight is 615 g/mol. The second-order valence-corrected chi connectivity index (χ2v) is 12.9. The van der Waals surface area contributed by atoms with Crippen LogP contribution in [0.5, 0.6) is 11.5 Å². The molecule has 0 heterocycles. The van der Waals surface area contributed by atoms with Gasteiger partial charge >= 0.3 is 0 Å². The summed E-state index contributed by atoms with van der Waals surface area (Å²) in [6.07, 6.45) is 6.25. The van der Waals surface area contributed by atoms with Crippen molar-refractivity contribution in [1.29, 1.82) is 0 Å². The molecule has 0 aromatic heterocycles.